The molecule has 3 rings (SSSR count). The first-order valence-electron chi connectivity index (χ1n) is 8.29. The highest BCUT2D eigenvalue weighted by Crippen LogP contribution is 2.33. The summed E-state index contributed by atoms with van der Waals surface area (Å²) in [6, 6.07) is 11.9. The van der Waals surface area contributed by atoms with Crippen LogP contribution in [-0.2, 0) is 9.59 Å². The van der Waals surface area contributed by atoms with Crippen LogP contribution < -0.4 is 10.1 Å². The molecule has 1 unspecified atom stereocenters. The van der Waals surface area contributed by atoms with E-state index in [0.29, 0.717) is 32.3 Å². The summed E-state index contributed by atoms with van der Waals surface area (Å²) in [4.78, 5) is 30.9. The molecule has 1 aliphatic rings. The SMILES string of the molecule is COc1ccc(NC(=O)C2CC(=O)N(C)C(=Nc3cc(Cl)ccc3Cl)S2)cc1. The van der Waals surface area contributed by atoms with Gasteiger partial charge in [-0.1, -0.05) is 35.0 Å². The van der Waals surface area contributed by atoms with E-state index in [2.05, 4.69) is 10.3 Å². The number of ether oxygens (including phenoxy) is 1. The normalized spacial score (nSPS) is 18.3. The molecular formula is C19H17Cl2N3O3S. The number of amides is 2. The number of aliphatic imine (C=N–C) groups is 1. The van der Waals surface area contributed by atoms with Crippen molar-refractivity contribution in [3.63, 3.8) is 0 Å². The number of nitrogens with zero attached hydrogens (tertiary/aromatic N) is 2. The third kappa shape index (κ3) is 4.79. The van der Waals surface area contributed by atoms with Gasteiger partial charge < -0.3 is 10.1 Å². The van der Waals surface area contributed by atoms with E-state index in [-0.39, 0.29) is 18.2 Å². The molecule has 1 heterocycles. The number of carbonyl (C=O) groups is 2. The van der Waals surface area contributed by atoms with Gasteiger partial charge in [0.15, 0.2) is 5.17 Å². The van der Waals surface area contributed by atoms with E-state index < -0.39 is 5.25 Å². The topological polar surface area (TPSA) is 71.0 Å². The van der Waals surface area contributed by atoms with Crippen LogP contribution in [0.15, 0.2) is 47.5 Å². The molecule has 0 saturated carbocycles. The van der Waals surface area contributed by atoms with Crippen LogP contribution in [0.1, 0.15) is 6.42 Å². The fourth-order valence-corrected chi connectivity index (χ4v) is 3.85. The third-order valence-electron chi connectivity index (χ3n) is 4.04. The van der Waals surface area contributed by atoms with Crippen molar-refractivity contribution in [3.05, 3.63) is 52.5 Å². The van der Waals surface area contributed by atoms with Crippen LogP contribution in [0.25, 0.3) is 0 Å². The van der Waals surface area contributed by atoms with E-state index >= 15 is 0 Å². The number of benzene rings is 2. The van der Waals surface area contributed by atoms with Crippen LogP contribution in [0.5, 0.6) is 5.75 Å². The van der Waals surface area contributed by atoms with Gasteiger partial charge in [0.25, 0.3) is 0 Å². The fourth-order valence-electron chi connectivity index (χ4n) is 2.47. The first-order valence-corrected chi connectivity index (χ1v) is 9.93. The second-order valence-corrected chi connectivity index (χ2v) is 7.98. The van der Waals surface area contributed by atoms with Crippen molar-refractivity contribution in [1.29, 1.82) is 0 Å². The second-order valence-electron chi connectivity index (χ2n) is 5.97. The van der Waals surface area contributed by atoms with Crippen molar-refractivity contribution >= 4 is 63.3 Å². The van der Waals surface area contributed by atoms with Crippen LogP contribution >= 0.6 is 35.0 Å². The fraction of sp³-hybridized carbons (Fsp3) is 0.211. The Labute approximate surface area is 176 Å². The van der Waals surface area contributed by atoms with E-state index in [1.165, 1.54) is 16.7 Å². The number of nitrogens with one attached hydrogen (secondary N) is 1. The van der Waals surface area contributed by atoms with Gasteiger partial charge in [0.1, 0.15) is 11.0 Å². The summed E-state index contributed by atoms with van der Waals surface area (Å²) in [6.45, 7) is 0. The lowest BCUT2D eigenvalue weighted by Crippen LogP contribution is -2.43. The molecule has 0 aromatic heterocycles. The number of anilines is 1. The van der Waals surface area contributed by atoms with Crippen LogP contribution in [-0.4, -0.2) is 41.3 Å². The number of thioether (sulfide) groups is 1. The van der Waals surface area contributed by atoms with Crippen molar-refractivity contribution in [1.82, 2.24) is 4.90 Å². The van der Waals surface area contributed by atoms with Crippen LogP contribution in [0.4, 0.5) is 11.4 Å². The number of hydrogen-bond donors (Lipinski definition) is 1. The van der Waals surface area contributed by atoms with Crippen molar-refractivity contribution in [2.45, 2.75) is 11.7 Å². The Kier molecular flexibility index (Phi) is 6.49. The predicted octanol–water partition coefficient (Wildman–Crippen LogP) is 4.59. The van der Waals surface area contributed by atoms with E-state index in [4.69, 9.17) is 27.9 Å². The molecule has 1 fully saturated rings. The van der Waals surface area contributed by atoms with E-state index in [1.54, 1.807) is 56.6 Å². The molecule has 1 aliphatic heterocycles. The molecule has 1 N–H and O–H groups in total. The van der Waals surface area contributed by atoms with Gasteiger partial charge in [-0.15, -0.1) is 0 Å². The molecule has 1 atom stereocenters. The minimum absolute atomic E-state index is 0.0749. The first kappa shape index (κ1) is 20.5. The number of carbonyl (C=O) groups excluding carboxylic acids is 2. The lowest BCUT2D eigenvalue weighted by Gasteiger charge is -2.29. The number of methoxy groups -OCH3 is 1. The Morgan fingerprint density at radius 2 is 1.96 bits per heavy atom. The Morgan fingerprint density at radius 1 is 1.25 bits per heavy atom. The first-order chi connectivity index (χ1) is 13.4. The zero-order chi connectivity index (χ0) is 20.3. The number of hydrogen-bond acceptors (Lipinski definition) is 5. The van der Waals surface area contributed by atoms with E-state index in [1.807, 2.05) is 0 Å². The standard InChI is InChI=1S/C19H17Cl2N3O3S/c1-24-17(25)10-16(18(26)22-12-4-6-13(27-2)7-5-12)28-19(24)23-15-9-11(20)3-8-14(15)21/h3-9,16H,10H2,1-2H3,(H,22,26). The Hall–Kier alpha value is -2.22. The molecule has 0 bridgehead atoms. The van der Waals surface area contributed by atoms with Crippen molar-refractivity contribution < 1.29 is 14.3 Å². The van der Waals surface area contributed by atoms with Gasteiger partial charge in [-0.05, 0) is 42.5 Å². The summed E-state index contributed by atoms with van der Waals surface area (Å²) in [6.07, 6.45) is 0.0749. The van der Waals surface area contributed by atoms with Crippen LogP contribution in [0.3, 0.4) is 0 Å². The summed E-state index contributed by atoms with van der Waals surface area (Å²) in [5.74, 6) is 0.210. The summed E-state index contributed by atoms with van der Waals surface area (Å²) >= 11 is 13.4. The molecule has 2 amide bonds. The molecule has 0 aliphatic carbocycles. The van der Waals surface area contributed by atoms with Crippen molar-refractivity contribution in [2.24, 2.45) is 4.99 Å². The van der Waals surface area contributed by atoms with E-state index in [9.17, 15) is 9.59 Å². The largest absolute Gasteiger partial charge is 0.497 e. The second kappa shape index (κ2) is 8.86. The van der Waals surface area contributed by atoms with E-state index in [0.717, 1.165) is 0 Å². The zero-order valence-corrected chi connectivity index (χ0v) is 17.4. The molecule has 0 spiro atoms. The van der Waals surface area contributed by atoms with Crippen LogP contribution in [0, 0.1) is 0 Å². The quantitative estimate of drug-likeness (QED) is 0.758. The minimum atomic E-state index is -0.609. The van der Waals surface area contributed by atoms with Gasteiger partial charge in [-0.3, -0.25) is 14.5 Å². The van der Waals surface area contributed by atoms with Gasteiger partial charge >= 0.3 is 0 Å². The minimum Gasteiger partial charge on any atom is -0.497 e. The maximum atomic E-state index is 12.7. The molecule has 2 aromatic rings. The Morgan fingerprint density at radius 3 is 2.64 bits per heavy atom. The monoisotopic (exact) mass is 437 g/mol. The Balaban J connectivity index is 1.79. The number of amidine groups is 1. The molecule has 2 aromatic carbocycles. The van der Waals surface area contributed by atoms with Crippen molar-refractivity contribution in [3.8, 4) is 5.75 Å². The third-order valence-corrected chi connectivity index (χ3v) is 5.84. The van der Waals surface area contributed by atoms with Gasteiger partial charge in [-0.2, -0.15) is 0 Å². The number of rotatable bonds is 4. The highest BCUT2D eigenvalue weighted by molar-refractivity contribution is 8.15. The summed E-state index contributed by atoms with van der Waals surface area (Å²) in [7, 11) is 3.19. The lowest BCUT2D eigenvalue weighted by atomic mass is 10.2. The molecule has 1 saturated heterocycles. The van der Waals surface area contributed by atoms with Gasteiger partial charge in [0, 0.05) is 24.2 Å². The maximum Gasteiger partial charge on any atom is 0.238 e. The van der Waals surface area contributed by atoms with Crippen LogP contribution in [0.2, 0.25) is 10.0 Å². The molecule has 28 heavy (non-hydrogen) atoms. The highest BCUT2D eigenvalue weighted by Gasteiger charge is 2.34. The molecule has 9 heteroatoms. The number of halogens is 2. The maximum absolute atomic E-state index is 12.7. The Bertz CT molecular complexity index is 935. The molecule has 0 radical (unpaired) electrons. The highest BCUT2D eigenvalue weighted by atomic mass is 35.5. The van der Waals surface area contributed by atoms with Gasteiger partial charge in [-0.25, -0.2) is 4.99 Å². The molecular weight excluding hydrogens is 421 g/mol. The summed E-state index contributed by atoms with van der Waals surface area (Å²) in [5, 5.41) is 3.48. The average molecular weight is 438 g/mol. The average Bonchev–Trinajstić information content (AvgIpc) is 2.68. The lowest BCUT2D eigenvalue weighted by molar-refractivity contribution is -0.128. The predicted molar refractivity (Wildman–Crippen MR) is 114 cm³/mol. The van der Waals surface area contributed by atoms with Crippen molar-refractivity contribution in [2.75, 3.05) is 19.5 Å². The smallest absolute Gasteiger partial charge is 0.238 e. The summed E-state index contributed by atoms with van der Waals surface area (Å²) in [5.41, 5.74) is 1.06. The zero-order valence-electron chi connectivity index (χ0n) is 15.1. The summed E-state index contributed by atoms with van der Waals surface area (Å²) < 4.78 is 5.10. The molecule has 6 nitrogen and oxygen atoms in total. The van der Waals surface area contributed by atoms with Gasteiger partial charge in [0.2, 0.25) is 11.8 Å². The van der Waals surface area contributed by atoms with Gasteiger partial charge in [0.05, 0.1) is 17.8 Å². The molecule has 146 valence electrons.